The number of hydrogen-bond donors (Lipinski definition) is 2. The molecule has 7 heteroatoms. The molecule has 0 spiro atoms. The van der Waals surface area contributed by atoms with E-state index < -0.39 is 0 Å². The zero-order chi connectivity index (χ0) is 20.6. The first kappa shape index (κ1) is 21.8. The van der Waals surface area contributed by atoms with Crippen molar-refractivity contribution in [1.29, 1.82) is 0 Å². The van der Waals surface area contributed by atoms with E-state index in [1.807, 2.05) is 25.2 Å². The Bertz CT molecular complexity index is 751. The number of likely N-dealkylation sites (tertiary alicyclic amines) is 1. The molecule has 3 heterocycles. The van der Waals surface area contributed by atoms with Crippen LogP contribution in [0.4, 0.5) is 0 Å². The number of aromatic nitrogens is 1. The molecule has 0 aliphatic carbocycles. The molecular formula is C22H35N5OS. The molecule has 160 valence electrons. The summed E-state index contributed by atoms with van der Waals surface area (Å²) in [6.07, 6.45) is 4.49. The van der Waals surface area contributed by atoms with Crippen LogP contribution in [0.3, 0.4) is 0 Å². The van der Waals surface area contributed by atoms with Gasteiger partial charge in [-0.1, -0.05) is 11.2 Å². The van der Waals surface area contributed by atoms with Gasteiger partial charge in [-0.05, 0) is 77.4 Å². The fraction of sp³-hybridized carbons (Fsp3) is 0.636. The van der Waals surface area contributed by atoms with E-state index in [0.717, 1.165) is 49.9 Å². The van der Waals surface area contributed by atoms with Crippen LogP contribution in [-0.2, 0) is 6.42 Å². The van der Waals surface area contributed by atoms with Gasteiger partial charge in [0.1, 0.15) is 5.76 Å². The van der Waals surface area contributed by atoms with Crippen LogP contribution in [0.1, 0.15) is 54.1 Å². The largest absolute Gasteiger partial charge is 0.361 e. The molecule has 1 aliphatic rings. The molecule has 2 unspecified atom stereocenters. The minimum atomic E-state index is 0.481. The number of thiophene rings is 1. The van der Waals surface area contributed by atoms with E-state index >= 15 is 0 Å². The topological polar surface area (TPSA) is 65.7 Å². The number of rotatable bonds is 8. The maximum absolute atomic E-state index is 5.26. The molecule has 2 N–H and O–H groups in total. The van der Waals surface area contributed by atoms with E-state index in [9.17, 15) is 0 Å². The molecule has 2 aromatic heterocycles. The minimum Gasteiger partial charge on any atom is -0.361 e. The van der Waals surface area contributed by atoms with Gasteiger partial charge in [-0.2, -0.15) is 0 Å². The summed E-state index contributed by atoms with van der Waals surface area (Å²) in [5, 5.41) is 13.1. The maximum atomic E-state index is 5.26. The van der Waals surface area contributed by atoms with Crippen molar-refractivity contribution in [2.45, 2.75) is 52.5 Å². The second kappa shape index (κ2) is 10.8. The first-order valence-electron chi connectivity index (χ1n) is 10.8. The second-order valence-electron chi connectivity index (χ2n) is 7.90. The van der Waals surface area contributed by atoms with Crippen LogP contribution in [0.15, 0.2) is 27.0 Å². The smallest absolute Gasteiger partial charge is 0.191 e. The summed E-state index contributed by atoms with van der Waals surface area (Å²) in [6, 6.07) is 4.91. The second-order valence-corrected chi connectivity index (χ2v) is 8.88. The number of nitrogens with zero attached hydrogens (tertiary/aromatic N) is 3. The lowest BCUT2D eigenvalue weighted by Gasteiger charge is -2.38. The summed E-state index contributed by atoms with van der Waals surface area (Å²) in [6.45, 7) is 9.89. The fourth-order valence-electron chi connectivity index (χ4n) is 4.24. The molecule has 1 saturated heterocycles. The van der Waals surface area contributed by atoms with Gasteiger partial charge < -0.3 is 15.2 Å². The Hall–Kier alpha value is -1.86. The zero-order valence-electron chi connectivity index (χ0n) is 18.2. The lowest BCUT2D eigenvalue weighted by atomic mass is 9.88. The van der Waals surface area contributed by atoms with Crippen LogP contribution in [0.2, 0.25) is 0 Å². The monoisotopic (exact) mass is 417 g/mol. The first-order valence-corrected chi connectivity index (χ1v) is 11.7. The number of nitrogens with one attached hydrogen (secondary N) is 2. The Labute approximate surface area is 178 Å². The van der Waals surface area contributed by atoms with E-state index in [-0.39, 0.29) is 0 Å². The molecule has 0 saturated carbocycles. The molecule has 1 aliphatic heterocycles. The van der Waals surface area contributed by atoms with Crippen molar-refractivity contribution in [3.05, 3.63) is 39.4 Å². The van der Waals surface area contributed by atoms with Crippen molar-refractivity contribution in [3.63, 3.8) is 0 Å². The van der Waals surface area contributed by atoms with Gasteiger partial charge in [-0.25, -0.2) is 0 Å². The van der Waals surface area contributed by atoms with E-state index in [2.05, 4.69) is 52.2 Å². The van der Waals surface area contributed by atoms with Gasteiger partial charge in [0, 0.05) is 36.1 Å². The third-order valence-corrected chi connectivity index (χ3v) is 6.69. The fourth-order valence-corrected chi connectivity index (χ4v) is 5.22. The average Bonchev–Trinajstić information content (AvgIpc) is 3.34. The Morgan fingerprint density at radius 2 is 2.24 bits per heavy atom. The van der Waals surface area contributed by atoms with Crippen molar-refractivity contribution in [2.75, 3.05) is 33.2 Å². The summed E-state index contributed by atoms with van der Waals surface area (Å²) < 4.78 is 5.26. The van der Waals surface area contributed by atoms with Crippen molar-refractivity contribution >= 4 is 17.3 Å². The number of aliphatic imine (C=N–C) groups is 1. The third-order valence-electron chi connectivity index (χ3n) is 5.75. The van der Waals surface area contributed by atoms with Crippen molar-refractivity contribution < 1.29 is 4.52 Å². The van der Waals surface area contributed by atoms with Crippen molar-refractivity contribution in [2.24, 2.45) is 10.9 Å². The minimum absolute atomic E-state index is 0.481. The molecule has 2 atom stereocenters. The standard InChI is InChI=1S/C22H35N5OS/c1-5-23-22(24-12-6-10-19-16(2)26-28-17(19)3)25-15-18-9-7-13-27(4)21(18)20-11-8-14-29-20/h8,11,14,18,21H,5-7,9-10,12-13,15H2,1-4H3,(H2,23,24,25). The summed E-state index contributed by atoms with van der Waals surface area (Å²) in [5.41, 5.74) is 2.24. The van der Waals surface area contributed by atoms with Crippen LogP contribution in [0.5, 0.6) is 0 Å². The predicted octanol–water partition coefficient (Wildman–Crippen LogP) is 3.92. The van der Waals surface area contributed by atoms with Crippen LogP contribution in [-0.4, -0.2) is 49.2 Å². The number of guanidine groups is 1. The number of aryl methyl sites for hydroxylation is 2. The molecule has 6 nitrogen and oxygen atoms in total. The highest BCUT2D eigenvalue weighted by atomic mass is 32.1. The lowest BCUT2D eigenvalue weighted by molar-refractivity contribution is 0.128. The van der Waals surface area contributed by atoms with Gasteiger partial charge in [-0.15, -0.1) is 11.3 Å². The average molecular weight is 418 g/mol. The summed E-state index contributed by atoms with van der Waals surface area (Å²) in [5.74, 6) is 2.42. The highest BCUT2D eigenvalue weighted by molar-refractivity contribution is 7.10. The van der Waals surface area contributed by atoms with Gasteiger partial charge in [0.2, 0.25) is 0 Å². The zero-order valence-corrected chi connectivity index (χ0v) is 19.0. The normalized spacial score (nSPS) is 20.8. The van der Waals surface area contributed by atoms with E-state index in [1.165, 1.54) is 29.8 Å². The summed E-state index contributed by atoms with van der Waals surface area (Å²) in [7, 11) is 2.25. The van der Waals surface area contributed by atoms with Gasteiger partial charge >= 0.3 is 0 Å². The van der Waals surface area contributed by atoms with Crippen molar-refractivity contribution in [3.8, 4) is 0 Å². The third kappa shape index (κ3) is 5.82. The Morgan fingerprint density at radius 1 is 1.38 bits per heavy atom. The molecule has 3 rings (SSSR count). The number of hydrogen-bond acceptors (Lipinski definition) is 5. The van der Waals surface area contributed by atoms with Crippen LogP contribution < -0.4 is 10.6 Å². The molecular weight excluding hydrogens is 382 g/mol. The van der Waals surface area contributed by atoms with Crippen LogP contribution >= 0.6 is 11.3 Å². The highest BCUT2D eigenvalue weighted by Crippen LogP contribution is 2.37. The summed E-state index contributed by atoms with van der Waals surface area (Å²) in [4.78, 5) is 8.91. The molecule has 0 bridgehead atoms. The molecule has 0 radical (unpaired) electrons. The predicted molar refractivity (Wildman–Crippen MR) is 121 cm³/mol. The van der Waals surface area contributed by atoms with Gasteiger partial charge in [-0.3, -0.25) is 9.89 Å². The van der Waals surface area contributed by atoms with E-state index in [0.29, 0.717) is 12.0 Å². The maximum Gasteiger partial charge on any atom is 0.191 e. The Balaban J connectivity index is 1.55. The molecule has 0 amide bonds. The first-order chi connectivity index (χ1) is 14.1. The van der Waals surface area contributed by atoms with E-state index in [1.54, 1.807) is 0 Å². The Morgan fingerprint density at radius 3 is 2.93 bits per heavy atom. The SMILES string of the molecule is CCNC(=NCC1CCCN(C)C1c1cccs1)NCCCc1c(C)noc1C. The quantitative estimate of drug-likeness (QED) is 0.387. The number of piperidine rings is 1. The molecule has 2 aromatic rings. The van der Waals surface area contributed by atoms with Crippen LogP contribution in [0, 0.1) is 19.8 Å². The molecule has 0 aromatic carbocycles. The van der Waals surface area contributed by atoms with Crippen molar-refractivity contribution in [1.82, 2.24) is 20.7 Å². The lowest BCUT2D eigenvalue weighted by Crippen LogP contribution is -2.40. The molecule has 1 fully saturated rings. The highest BCUT2D eigenvalue weighted by Gasteiger charge is 2.31. The van der Waals surface area contributed by atoms with Gasteiger partial charge in [0.25, 0.3) is 0 Å². The van der Waals surface area contributed by atoms with Crippen LogP contribution in [0.25, 0.3) is 0 Å². The van der Waals surface area contributed by atoms with E-state index in [4.69, 9.17) is 9.52 Å². The Kier molecular flexibility index (Phi) is 8.12. The summed E-state index contributed by atoms with van der Waals surface area (Å²) >= 11 is 1.87. The van der Waals surface area contributed by atoms with Gasteiger partial charge in [0.05, 0.1) is 5.69 Å². The van der Waals surface area contributed by atoms with Gasteiger partial charge in [0.15, 0.2) is 5.96 Å². The molecule has 29 heavy (non-hydrogen) atoms.